The van der Waals surface area contributed by atoms with Crippen LogP contribution < -0.4 is 15.0 Å². The zero-order valence-electron chi connectivity index (χ0n) is 28.5. The van der Waals surface area contributed by atoms with Crippen LogP contribution in [0.5, 0.6) is 5.75 Å². The van der Waals surface area contributed by atoms with E-state index in [2.05, 4.69) is 15.2 Å². The predicted octanol–water partition coefficient (Wildman–Crippen LogP) is 3.51. The summed E-state index contributed by atoms with van der Waals surface area (Å²) in [6.07, 6.45) is 0.903. The van der Waals surface area contributed by atoms with Gasteiger partial charge in [0.1, 0.15) is 17.9 Å². The molecule has 4 heterocycles. The molecule has 0 aliphatic carbocycles. The second-order valence-corrected chi connectivity index (χ2v) is 11.7. The Morgan fingerprint density at radius 3 is 2.69 bits per heavy atom. The number of benzene rings is 1. The second-order valence-electron chi connectivity index (χ2n) is 11.7. The highest BCUT2D eigenvalue weighted by Crippen LogP contribution is 2.35. The van der Waals surface area contributed by atoms with Crippen molar-refractivity contribution in [3.8, 4) is 17.1 Å². The highest BCUT2D eigenvalue weighted by atomic mass is 16.7. The van der Waals surface area contributed by atoms with Crippen molar-refractivity contribution in [1.29, 1.82) is 0 Å². The van der Waals surface area contributed by atoms with Crippen LogP contribution in [0.4, 0.5) is 10.6 Å². The molecule has 1 saturated heterocycles. The minimum absolute atomic E-state index is 0.00717. The molecule has 1 aliphatic rings. The van der Waals surface area contributed by atoms with Gasteiger partial charge in [-0.05, 0) is 49.9 Å². The minimum atomic E-state index is -1.33. The lowest BCUT2D eigenvalue weighted by Crippen LogP contribution is -2.37. The normalized spacial score (nSPS) is 14.3. The van der Waals surface area contributed by atoms with Crippen LogP contribution in [0, 0.1) is 0 Å². The standard InChI is InChI=1S/C35H43N5O11/c1-2-24(21-41)49-29(44)22-48-28(43)12-6-11-27(42)36-13-3-4-17-47-35(45)50-25-9-5-8-23(20-25)32-38-30-26-10-7-14-37-34(26)51-31(30)33(39-32)40-15-18-46-19-16-40/h5,7-10,14,20,24,29,41,44H,2-4,6,11-13,15-19,21-22H2,1H3,(H,36,42). The summed E-state index contributed by atoms with van der Waals surface area (Å²) in [6.45, 7) is 4.08. The van der Waals surface area contributed by atoms with Crippen molar-refractivity contribution in [3.63, 3.8) is 0 Å². The van der Waals surface area contributed by atoms with Gasteiger partial charge in [0.05, 0.1) is 37.9 Å². The number of amides is 1. The molecular formula is C35H43N5O11. The number of hydrogen-bond donors (Lipinski definition) is 3. The lowest BCUT2D eigenvalue weighted by molar-refractivity contribution is -0.183. The molecule has 0 saturated carbocycles. The van der Waals surface area contributed by atoms with Crippen molar-refractivity contribution in [1.82, 2.24) is 20.3 Å². The van der Waals surface area contributed by atoms with Crippen molar-refractivity contribution in [3.05, 3.63) is 42.6 Å². The third-order valence-corrected chi connectivity index (χ3v) is 7.97. The van der Waals surface area contributed by atoms with Gasteiger partial charge in [-0.15, -0.1) is 0 Å². The van der Waals surface area contributed by atoms with Crippen molar-refractivity contribution >= 4 is 46.0 Å². The monoisotopic (exact) mass is 709 g/mol. The molecule has 1 fully saturated rings. The molecule has 16 heteroatoms. The van der Waals surface area contributed by atoms with Gasteiger partial charge < -0.3 is 48.5 Å². The van der Waals surface area contributed by atoms with E-state index in [4.69, 9.17) is 43.2 Å². The van der Waals surface area contributed by atoms with Crippen LogP contribution in [0.3, 0.4) is 0 Å². The molecule has 274 valence electrons. The number of morpholine rings is 1. The lowest BCUT2D eigenvalue weighted by Gasteiger charge is -2.27. The number of furan rings is 1. The van der Waals surface area contributed by atoms with Gasteiger partial charge in [0.2, 0.25) is 11.6 Å². The first-order valence-corrected chi connectivity index (χ1v) is 17.0. The average molecular weight is 710 g/mol. The molecule has 5 rings (SSSR count). The number of carbonyl (C=O) groups is 3. The van der Waals surface area contributed by atoms with E-state index in [1.165, 1.54) is 0 Å². The van der Waals surface area contributed by atoms with E-state index in [9.17, 15) is 19.5 Å². The summed E-state index contributed by atoms with van der Waals surface area (Å²) in [6, 6.07) is 10.6. The SMILES string of the molecule is CCC(CO)OC(O)COC(=O)CCCC(=O)NCCCCOC(=O)Oc1cccc(-c2nc(N3CCOCC3)c3oc4ncccc4c3n2)c1. The summed E-state index contributed by atoms with van der Waals surface area (Å²) in [7, 11) is 0. The Morgan fingerprint density at radius 1 is 1.04 bits per heavy atom. The quantitative estimate of drug-likeness (QED) is 0.0585. The van der Waals surface area contributed by atoms with Gasteiger partial charge in [-0.1, -0.05) is 19.1 Å². The predicted molar refractivity (Wildman–Crippen MR) is 183 cm³/mol. The van der Waals surface area contributed by atoms with Crippen molar-refractivity contribution in [2.24, 2.45) is 0 Å². The number of nitrogens with zero attached hydrogens (tertiary/aromatic N) is 4. The van der Waals surface area contributed by atoms with Crippen LogP contribution >= 0.6 is 0 Å². The highest BCUT2D eigenvalue weighted by molar-refractivity contribution is 6.05. The van der Waals surface area contributed by atoms with E-state index < -0.39 is 24.5 Å². The molecule has 1 aromatic carbocycles. The van der Waals surface area contributed by atoms with E-state index in [0.717, 1.165) is 5.39 Å². The summed E-state index contributed by atoms with van der Waals surface area (Å²) in [5.41, 5.74) is 2.29. The maximum absolute atomic E-state index is 12.4. The maximum atomic E-state index is 12.4. The van der Waals surface area contributed by atoms with Crippen LogP contribution in [0.15, 0.2) is 47.0 Å². The summed E-state index contributed by atoms with van der Waals surface area (Å²) >= 11 is 0. The van der Waals surface area contributed by atoms with E-state index in [1.54, 1.807) is 31.3 Å². The fourth-order valence-electron chi connectivity index (χ4n) is 5.27. The minimum Gasteiger partial charge on any atom is -0.460 e. The number of ether oxygens (including phenoxy) is 5. The number of rotatable bonds is 18. The maximum Gasteiger partial charge on any atom is 0.513 e. The van der Waals surface area contributed by atoms with E-state index in [0.29, 0.717) is 86.1 Å². The fourth-order valence-corrected chi connectivity index (χ4v) is 5.27. The Morgan fingerprint density at radius 2 is 1.88 bits per heavy atom. The Hall–Kier alpha value is -4.90. The van der Waals surface area contributed by atoms with Crippen LogP contribution in [0.2, 0.25) is 0 Å². The molecule has 1 amide bonds. The summed E-state index contributed by atoms with van der Waals surface area (Å²) in [4.78, 5) is 52.4. The molecule has 0 bridgehead atoms. The molecular weight excluding hydrogens is 666 g/mol. The number of hydrogen-bond acceptors (Lipinski definition) is 15. The van der Waals surface area contributed by atoms with E-state index >= 15 is 0 Å². The van der Waals surface area contributed by atoms with Crippen molar-refractivity contribution in [2.45, 2.75) is 57.8 Å². The molecule has 3 aromatic heterocycles. The number of fused-ring (bicyclic) bond motifs is 3. The molecule has 1 aliphatic heterocycles. The van der Waals surface area contributed by atoms with E-state index in [-0.39, 0.29) is 50.7 Å². The smallest absolute Gasteiger partial charge is 0.460 e. The number of aliphatic hydroxyl groups is 2. The van der Waals surface area contributed by atoms with Gasteiger partial charge in [-0.3, -0.25) is 9.59 Å². The number of carbonyl (C=O) groups excluding carboxylic acids is 3. The van der Waals surface area contributed by atoms with Gasteiger partial charge in [0.25, 0.3) is 0 Å². The second kappa shape index (κ2) is 18.9. The van der Waals surface area contributed by atoms with Crippen LogP contribution in [-0.2, 0) is 28.5 Å². The van der Waals surface area contributed by atoms with Crippen molar-refractivity contribution < 1.29 is 52.7 Å². The molecule has 4 aromatic rings. The van der Waals surface area contributed by atoms with E-state index in [1.807, 2.05) is 18.2 Å². The topological polar surface area (TPSA) is 205 Å². The zero-order chi connectivity index (χ0) is 36.0. The first-order valence-electron chi connectivity index (χ1n) is 17.0. The Kier molecular flexibility index (Phi) is 13.9. The Bertz CT molecular complexity index is 1760. The van der Waals surface area contributed by atoms with Gasteiger partial charge >= 0.3 is 12.1 Å². The molecule has 0 spiro atoms. The van der Waals surface area contributed by atoms with Crippen LogP contribution in [0.25, 0.3) is 33.6 Å². The Balaban J connectivity index is 1.03. The first-order chi connectivity index (χ1) is 24.8. The molecule has 3 N–H and O–H groups in total. The molecule has 2 unspecified atom stereocenters. The third-order valence-electron chi connectivity index (χ3n) is 7.97. The van der Waals surface area contributed by atoms with Gasteiger partial charge in [-0.25, -0.2) is 19.7 Å². The summed E-state index contributed by atoms with van der Waals surface area (Å²) in [5, 5.41) is 22.3. The number of unbranched alkanes of at least 4 members (excludes halogenated alkanes) is 1. The number of nitrogens with one attached hydrogen (secondary N) is 1. The summed E-state index contributed by atoms with van der Waals surface area (Å²) in [5.74, 6) is 0.550. The van der Waals surface area contributed by atoms with Gasteiger partial charge in [0, 0.05) is 44.2 Å². The molecule has 16 nitrogen and oxygen atoms in total. The number of esters is 1. The average Bonchev–Trinajstić information content (AvgIpc) is 3.53. The number of aliphatic hydroxyl groups excluding tert-OH is 2. The first kappa shape index (κ1) is 37.4. The third kappa shape index (κ3) is 10.8. The number of pyridine rings is 1. The fraction of sp³-hybridized carbons (Fsp3) is 0.486. The van der Waals surface area contributed by atoms with Gasteiger partial charge in [-0.2, -0.15) is 0 Å². The molecule has 51 heavy (non-hydrogen) atoms. The summed E-state index contributed by atoms with van der Waals surface area (Å²) < 4.78 is 32.3. The number of aromatic nitrogens is 3. The number of anilines is 1. The van der Waals surface area contributed by atoms with Crippen LogP contribution in [0.1, 0.15) is 45.4 Å². The molecule has 2 atom stereocenters. The largest absolute Gasteiger partial charge is 0.513 e. The zero-order valence-corrected chi connectivity index (χ0v) is 28.5. The Labute approximate surface area is 294 Å². The lowest BCUT2D eigenvalue weighted by atomic mass is 10.2. The molecule has 0 radical (unpaired) electrons. The van der Waals surface area contributed by atoms with Crippen LogP contribution in [-0.4, -0.2) is 108 Å². The highest BCUT2D eigenvalue weighted by Gasteiger charge is 2.23. The van der Waals surface area contributed by atoms with Gasteiger partial charge in [0.15, 0.2) is 23.5 Å². The van der Waals surface area contributed by atoms with Crippen molar-refractivity contribution in [2.75, 3.05) is 57.6 Å².